The SMILES string of the molecule is CCOC(=O)C(C)Oc1ccc(OC)c2c1C(=O)CCCC2. The van der Waals surface area contributed by atoms with Crippen LogP contribution in [0.4, 0.5) is 0 Å². The zero-order valence-electron chi connectivity index (χ0n) is 13.3. The average Bonchev–Trinajstić information content (AvgIpc) is 2.70. The Morgan fingerprint density at radius 3 is 2.59 bits per heavy atom. The van der Waals surface area contributed by atoms with Crippen molar-refractivity contribution in [2.24, 2.45) is 0 Å². The molecule has 0 bridgehead atoms. The lowest BCUT2D eigenvalue weighted by atomic mass is 9.99. The molecule has 0 radical (unpaired) electrons. The van der Waals surface area contributed by atoms with Gasteiger partial charge >= 0.3 is 5.97 Å². The summed E-state index contributed by atoms with van der Waals surface area (Å²) in [5.41, 5.74) is 1.42. The van der Waals surface area contributed by atoms with E-state index in [1.807, 2.05) is 0 Å². The van der Waals surface area contributed by atoms with Gasteiger partial charge in [-0.05, 0) is 45.2 Å². The van der Waals surface area contributed by atoms with Crippen molar-refractivity contribution < 1.29 is 23.8 Å². The highest BCUT2D eigenvalue weighted by Gasteiger charge is 2.26. The highest BCUT2D eigenvalue weighted by Crippen LogP contribution is 2.35. The van der Waals surface area contributed by atoms with Gasteiger partial charge in [0.15, 0.2) is 11.9 Å². The molecule has 0 N–H and O–H groups in total. The van der Waals surface area contributed by atoms with E-state index in [-0.39, 0.29) is 5.78 Å². The standard InChI is InChI=1S/C17H22O5/c1-4-21-17(19)11(2)22-15-10-9-14(20-3)12-7-5-6-8-13(18)16(12)15/h9-11H,4-8H2,1-3H3. The molecule has 0 heterocycles. The largest absolute Gasteiger partial charge is 0.496 e. The lowest BCUT2D eigenvalue weighted by Crippen LogP contribution is -2.27. The van der Waals surface area contributed by atoms with Gasteiger partial charge in [-0.2, -0.15) is 0 Å². The summed E-state index contributed by atoms with van der Waals surface area (Å²) in [5.74, 6) is 0.732. The molecule has 1 unspecified atom stereocenters. The first-order valence-corrected chi connectivity index (χ1v) is 7.64. The minimum atomic E-state index is -0.756. The molecule has 1 atom stereocenters. The van der Waals surface area contributed by atoms with Gasteiger partial charge < -0.3 is 14.2 Å². The Hall–Kier alpha value is -2.04. The number of methoxy groups -OCH3 is 1. The number of ketones is 1. The Morgan fingerprint density at radius 1 is 1.23 bits per heavy atom. The molecule has 0 saturated carbocycles. The third kappa shape index (κ3) is 3.40. The van der Waals surface area contributed by atoms with E-state index in [0.29, 0.717) is 30.1 Å². The first-order valence-electron chi connectivity index (χ1n) is 7.64. The average molecular weight is 306 g/mol. The van der Waals surface area contributed by atoms with Crippen LogP contribution in [0, 0.1) is 0 Å². The van der Waals surface area contributed by atoms with Crippen LogP contribution in [-0.4, -0.2) is 31.6 Å². The third-order valence-corrected chi connectivity index (χ3v) is 3.73. The van der Waals surface area contributed by atoms with Crippen molar-refractivity contribution in [3.63, 3.8) is 0 Å². The molecule has 0 aliphatic heterocycles. The summed E-state index contributed by atoms with van der Waals surface area (Å²) in [7, 11) is 1.59. The Kier molecular flexibility index (Phi) is 5.41. The van der Waals surface area contributed by atoms with Crippen molar-refractivity contribution in [2.75, 3.05) is 13.7 Å². The summed E-state index contributed by atoms with van der Waals surface area (Å²) in [5, 5.41) is 0. The maximum absolute atomic E-state index is 12.4. The number of esters is 1. The molecule has 2 rings (SSSR count). The molecule has 0 fully saturated rings. The summed E-state index contributed by atoms with van der Waals surface area (Å²) < 4.78 is 16.0. The summed E-state index contributed by atoms with van der Waals surface area (Å²) in [6.07, 6.45) is 2.29. The number of rotatable bonds is 5. The lowest BCUT2D eigenvalue weighted by Gasteiger charge is -2.19. The number of fused-ring (bicyclic) bond motifs is 1. The number of hydrogen-bond acceptors (Lipinski definition) is 5. The highest BCUT2D eigenvalue weighted by molar-refractivity contribution is 6.01. The molecular formula is C17H22O5. The fourth-order valence-electron chi connectivity index (χ4n) is 2.66. The number of carbonyl (C=O) groups excluding carboxylic acids is 2. The molecule has 1 aromatic rings. The Morgan fingerprint density at radius 2 is 1.91 bits per heavy atom. The molecule has 1 aromatic carbocycles. The second-order valence-electron chi connectivity index (χ2n) is 5.26. The molecule has 120 valence electrons. The van der Waals surface area contributed by atoms with Gasteiger partial charge in [0.05, 0.1) is 19.3 Å². The number of benzene rings is 1. The number of carbonyl (C=O) groups is 2. The van der Waals surface area contributed by atoms with Gasteiger partial charge in [0, 0.05) is 12.0 Å². The maximum Gasteiger partial charge on any atom is 0.347 e. The van der Waals surface area contributed by atoms with Gasteiger partial charge in [-0.1, -0.05) is 0 Å². The zero-order valence-corrected chi connectivity index (χ0v) is 13.3. The van der Waals surface area contributed by atoms with E-state index in [1.54, 1.807) is 33.1 Å². The Labute approximate surface area is 130 Å². The van der Waals surface area contributed by atoms with E-state index in [0.717, 1.165) is 24.8 Å². The van der Waals surface area contributed by atoms with Crippen molar-refractivity contribution in [3.8, 4) is 11.5 Å². The summed E-state index contributed by atoms with van der Waals surface area (Å²) in [6, 6.07) is 3.47. The predicted molar refractivity (Wildman–Crippen MR) is 81.6 cm³/mol. The van der Waals surface area contributed by atoms with Crippen molar-refractivity contribution in [3.05, 3.63) is 23.3 Å². The van der Waals surface area contributed by atoms with E-state index in [1.165, 1.54) is 0 Å². The fourth-order valence-corrected chi connectivity index (χ4v) is 2.66. The van der Waals surface area contributed by atoms with E-state index in [9.17, 15) is 9.59 Å². The van der Waals surface area contributed by atoms with Crippen LogP contribution in [0.3, 0.4) is 0 Å². The maximum atomic E-state index is 12.4. The second kappa shape index (κ2) is 7.29. The lowest BCUT2D eigenvalue weighted by molar-refractivity contribution is -0.150. The van der Waals surface area contributed by atoms with Crippen LogP contribution in [0.15, 0.2) is 12.1 Å². The highest BCUT2D eigenvalue weighted by atomic mass is 16.6. The van der Waals surface area contributed by atoms with Crippen LogP contribution in [0.2, 0.25) is 0 Å². The summed E-state index contributed by atoms with van der Waals surface area (Å²) in [6.45, 7) is 3.66. The van der Waals surface area contributed by atoms with E-state index in [2.05, 4.69) is 0 Å². The molecular weight excluding hydrogens is 284 g/mol. The van der Waals surface area contributed by atoms with Crippen LogP contribution in [0.25, 0.3) is 0 Å². The summed E-state index contributed by atoms with van der Waals surface area (Å²) in [4.78, 5) is 24.2. The summed E-state index contributed by atoms with van der Waals surface area (Å²) >= 11 is 0. The van der Waals surface area contributed by atoms with E-state index in [4.69, 9.17) is 14.2 Å². The molecule has 1 aliphatic carbocycles. The molecule has 0 saturated heterocycles. The van der Waals surface area contributed by atoms with Crippen LogP contribution >= 0.6 is 0 Å². The molecule has 5 nitrogen and oxygen atoms in total. The van der Waals surface area contributed by atoms with Gasteiger partial charge in [-0.3, -0.25) is 4.79 Å². The predicted octanol–water partition coefficient (Wildman–Crippen LogP) is 2.93. The van der Waals surface area contributed by atoms with Crippen molar-refractivity contribution >= 4 is 11.8 Å². The minimum absolute atomic E-state index is 0.0393. The van der Waals surface area contributed by atoms with Gasteiger partial charge in [0.1, 0.15) is 11.5 Å². The normalized spacial score (nSPS) is 15.5. The minimum Gasteiger partial charge on any atom is -0.496 e. The third-order valence-electron chi connectivity index (χ3n) is 3.73. The molecule has 0 amide bonds. The van der Waals surface area contributed by atoms with Crippen LogP contribution < -0.4 is 9.47 Å². The Balaban J connectivity index is 2.36. The number of ether oxygens (including phenoxy) is 3. The Bertz CT molecular complexity index is 564. The van der Waals surface area contributed by atoms with Gasteiger partial charge in [0.2, 0.25) is 0 Å². The second-order valence-corrected chi connectivity index (χ2v) is 5.26. The van der Waals surface area contributed by atoms with Crippen molar-refractivity contribution in [1.82, 2.24) is 0 Å². The molecule has 0 aromatic heterocycles. The molecule has 1 aliphatic rings. The molecule has 22 heavy (non-hydrogen) atoms. The van der Waals surface area contributed by atoms with Gasteiger partial charge in [-0.25, -0.2) is 4.79 Å². The van der Waals surface area contributed by atoms with E-state index >= 15 is 0 Å². The zero-order chi connectivity index (χ0) is 16.1. The molecule has 0 spiro atoms. The van der Waals surface area contributed by atoms with Crippen LogP contribution in [-0.2, 0) is 16.0 Å². The van der Waals surface area contributed by atoms with Gasteiger partial charge in [0.25, 0.3) is 0 Å². The smallest absolute Gasteiger partial charge is 0.347 e. The van der Waals surface area contributed by atoms with Crippen LogP contribution in [0.1, 0.15) is 49.0 Å². The number of Topliss-reactive ketones (excluding diaryl/α,β-unsaturated/α-hetero) is 1. The quantitative estimate of drug-likeness (QED) is 0.618. The molecule has 5 heteroatoms. The first-order chi connectivity index (χ1) is 10.6. The van der Waals surface area contributed by atoms with Gasteiger partial charge in [-0.15, -0.1) is 0 Å². The number of hydrogen-bond donors (Lipinski definition) is 0. The first kappa shape index (κ1) is 16.3. The monoisotopic (exact) mass is 306 g/mol. The van der Waals surface area contributed by atoms with E-state index < -0.39 is 12.1 Å². The van der Waals surface area contributed by atoms with Crippen molar-refractivity contribution in [1.29, 1.82) is 0 Å². The topological polar surface area (TPSA) is 61.8 Å². The van der Waals surface area contributed by atoms with Crippen molar-refractivity contribution in [2.45, 2.75) is 45.6 Å². The van der Waals surface area contributed by atoms with Crippen LogP contribution in [0.5, 0.6) is 11.5 Å². The fraction of sp³-hybridized carbons (Fsp3) is 0.529.